The highest BCUT2D eigenvalue weighted by molar-refractivity contribution is 9.10. The molecule has 0 saturated heterocycles. The van der Waals surface area contributed by atoms with Crippen LogP contribution in [0.15, 0.2) is 0 Å². The Morgan fingerprint density at radius 1 is 1.15 bits per heavy atom. The van der Waals surface area contributed by atoms with Gasteiger partial charge in [-0.2, -0.15) is 0 Å². The Morgan fingerprint density at radius 3 is 2.15 bits per heavy atom. The molecule has 8 unspecified atom stereocenters. The molecule has 0 bridgehead atoms. The molecule has 0 aromatic heterocycles. The summed E-state index contributed by atoms with van der Waals surface area (Å²) in [5.41, 5.74) is 0. The number of fused-ring (bicyclic) bond motifs is 7. The summed E-state index contributed by atoms with van der Waals surface area (Å²) in [7, 11) is 0. The molecule has 0 aliphatic heterocycles. The van der Waals surface area contributed by atoms with Crippen LogP contribution < -0.4 is 0 Å². The fourth-order valence-corrected chi connectivity index (χ4v) is 5.90. The number of ether oxygens (including phenoxy) is 1. The predicted octanol–water partition coefficient (Wildman–Crippen LogP) is 2.46. The van der Waals surface area contributed by atoms with Crippen LogP contribution in [0.3, 0.4) is 0 Å². The second kappa shape index (κ2) is 4.22. The summed E-state index contributed by atoms with van der Waals surface area (Å²) in [5.74, 6) is 5.87. The van der Waals surface area contributed by atoms with Crippen molar-refractivity contribution in [1.29, 1.82) is 0 Å². The van der Waals surface area contributed by atoms with E-state index in [1.807, 2.05) is 13.8 Å². The molecule has 8 atom stereocenters. The van der Waals surface area contributed by atoms with Gasteiger partial charge in [-0.15, -0.1) is 0 Å². The van der Waals surface area contributed by atoms with Gasteiger partial charge in [0.25, 0.3) is 0 Å². The van der Waals surface area contributed by atoms with Crippen LogP contribution in [0.2, 0.25) is 0 Å². The average Bonchev–Trinajstić information content (AvgIpc) is 2.32. The fraction of sp³-hybridized carbons (Fsp3) is 0.938. The summed E-state index contributed by atoms with van der Waals surface area (Å²) < 4.78 is 4.88. The number of alkyl halides is 1. The molecule has 4 aliphatic rings. The van der Waals surface area contributed by atoms with Crippen LogP contribution in [0.25, 0.3) is 0 Å². The maximum atomic E-state index is 11.9. The van der Waals surface area contributed by atoms with Gasteiger partial charge in [-0.25, -0.2) is 0 Å². The van der Waals surface area contributed by atoms with E-state index in [0.717, 1.165) is 35.5 Å². The van der Waals surface area contributed by atoms with Crippen LogP contribution in [-0.4, -0.2) is 28.6 Å². The molecule has 3 nitrogen and oxygen atoms in total. The summed E-state index contributed by atoms with van der Waals surface area (Å²) >= 11 is 3.34. The predicted molar refractivity (Wildman–Crippen MR) is 78.2 cm³/mol. The van der Waals surface area contributed by atoms with Gasteiger partial charge in [0.15, 0.2) is 0 Å². The molecule has 0 radical (unpaired) electrons. The lowest BCUT2D eigenvalue weighted by molar-refractivity contribution is -0.345. The lowest BCUT2D eigenvalue weighted by Gasteiger charge is -2.81. The van der Waals surface area contributed by atoms with Gasteiger partial charge < -0.3 is 9.84 Å². The molecule has 4 saturated carbocycles. The van der Waals surface area contributed by atoms with E-state index in [2.05, 4.69) is 15.9 Å². The van der Waals surface area contributed by atoms with Gasteiger partial charge in [0.1, 0.15) is 4.32 Å². The highest BCUT2D eigenvalue weighted by Crippen LogP contribution is 2.79. The van der Waals surface area contributed by atoms with Crippen molar-refractivity contribution in [3.8, 4) is 0 Å². The van der Waals surface area contributed by atoms with Crippen molar-refractivity contribution in [2.75, 3.05) is 13.2 Å². The Hall–Kier alpha value is -0.0900. The Morgan fingerprint density at radius 2 is 1.70 bits per heavy atom. The molecule has 4 aliphatic carbocycles. The van der Waals surface area contributed by atoms with E-state index in [1.54, 1.807) is 0 Å². The number of aliphatic hydroxyl groups is 1. The number of aliphatic hydroxyl groups excluding tert-OH is 1. The van der Waals surface area contributed by atoms with Gasteiger partial charge in [-0.3, -0.25) is 4.79 Å². The number of halogens is 1. The number of rotatable bonds is 4. The highest BCUT2D eigenvalue weighted by Gasteiger charge is 2.76. The minimum Gasteiger partial charge on any atom is -0.464 e. The van der Waals surface area contributed by atoms with E-state index < -0.39 is 4.32 Å². The van der Waals surface area contributed by atoms with Crippen molar-refractivity contribution in [3.63, 3.8) is 0 Å². The zero-order valence-electron chi connectivity index (χ0n) is 12.1. The summed E-state index contributed by atoms with van der Waals surface area (Å²) in [4.78, 5) is 11.9. The van der Waals surface area contributed by atoms with Gasteiger partial charge in [-0.05, 0) is 68.1 Å². The molecule has 0 amide bonds. The molecule has 112 valence electrons. The molecular formula is C16H23BrO3. The van der Waals surface area contributed by atoms with Crippen molar-refractivity contribution < 1.29 is 14.6 Å². The number of hydrogen-bond donors (Lipinski definition) is 1. The first kappa shape index (κ1) is 13.6. The molecule has 4 fully saturated rings. The third-order valence-electron chi connectivity index (χ3n) is 6.79. The number of esters is 1. The van der Waals surface area contributed by atoms with Crippen molar-refractivity contribution in [1.82, 2.24) is 0 Å². The molecule has 1 N–H and O–H groups in total. The molecule has 0 aromatic rings. The van der Waals surface area contributed by atoms with E-state index in [1.165, 1.54) is 12.8 Å². The summed E-state index contributed by atoms with van der Waals surface area (Å²) in [5, 5.41) is 9.65. The lowest BCUT2D eigenvalue weighted by Crippen LogP contribution is -2.78. The van der Waals surface area contributed by atoms with Gasteiger partial charge in [-0.1, -0.05) is 15.9 Å². The molecule has 4 heteroatoms. The Bertz CT molecular complexity index is 443. The highest BCUT2D eigenvalue weighted by atomic mass is 79.9. The molecule has 0 spiro atoms. The fourth-order valence-electron chi connectivity index (χ4n) is 5.79. The van der Waals surface area contributed by atoms with E-state index in [4.69, 9.17) is 4.74 Å². The molecule has 20 heavy (non-hydrogen) atoms. The Kier molecular flexibility index (Phi) is 2.86. The number of hydrogen-bond acceptors (Lipinski definition) is 3. The number of carbonyl (C=O) groups is 1. The van der Waals surface area contributed by atoms with Gasteiger partial charge in [0.2, 0.25) is 0 Å². The van der Waals surface area contributed by atoms with Crippen LogP contribution in [0.4, 0.5) is 0 Å². The summed E-state index contributed by atoms with van der Waals surface area (Å²) in [6.45, 7) is 4.39. The van der Waals surface area contributed by atoms with Crippen molar-refractivity contribution in [3.05, 3.63) is 0 Å². The second-order valence-corrected chi connectivity index (χ2v) is 9.78. The van der Waals surface area contributed by atoms with Crippen molar-refractivity contribution in [2.24, 2.45) is 47.3 Å². The van der Waals surface area contributed by atoms with E-state index >= 15 is 0 Å². The van der Waals surface area contributed by atoms with Crippen LogP contribution in [0.1, 0.15) is 26.7 Å². The summed E-state index contributed by atoms with van der Waals surface area (Å²) in [6.07, 6.45) is 2.84. The van der Waals surface area contributed by atoms with Crippen LogP contribution in [0.5, 0.6) is 0 Å². The first-order valence-electron chi connectivity index (χ1n) is 7.92. The standard InChI is InChI=1S/C16H23BrO3/c1-16(2,17)15(19)20-6-10-9(5-18)13-11-7-3-4-8(7)12(11)14(10)13/h7-14,18H,3-6H2,1-2H3. The Labute approximate surface area is 128 Å². The quantitative estimate of drug-likeness (QED) is 0.630. The third-order valence-corrected chi connectivity index (χ3v) is 7.12. The van der Waals surface area contributed by atoms with Gasteiger partial charge >= 0.3 is 5.97 Å². The molecule has 0 heterocycles. The van der Waals surface area contributed by atoms with Gasteiger partial charge in [0.05, 0.1) is 6.61 Å². The molecular weight excluding hydrogens is 320 g/mol. The summed E-state index contributed by atoms with van der Waals surface area (Å²) in [6, 6.07) is 0. The monoisotopic (exact) mass is 342 g/mol. The molecule has 4 rings (SSSR count). The molecule has 0 aromatic carbocycles. The Balaban J connectivity index is 1.38. The largest absolute Gasteiger partial charge is 0.464 e. The SMILES string of the molecule is CC(C)(Br)C(=O)OCC1C(CO)C2C3C4CCC4C3C12. The average molecular weight is 343 g/mol. The van der Waals surface area contributed by atoms with Gasteiger partial charge in [0, 0.05) is 12.5 Å². The normalized spacial score (nSPS) is 51.2. The zero-order chi connectivity index (χ0) is 14.2. The van der Waals surface area contributed by atoms with Crippen LogP contribution in [0, 0.1) is 47.3 Å². The minimum atomic E-state index is -0.609. The van der Waals surface area contributed by atoms with Crippen LogP contribution in [-0.2, 0) is 9.53 Å². The smallest absolute Gasteiger partial charge is 0.322 e. The first-order chi connectivity index (χ1) is 9.45. The second-order valence-electron chi connectivity index (χ2n) is 7.80. The van der Waals surface area contributed by atoms with E-state index in [0.29, 0.717) is 18.4 Å². The van der Waals surface area contributed by atoms with Crippen molar-refractivity contribution in [2.45, 2.75) is 31.0 Å². The minimum absolute atomic E-state index is 0.191. The van der Waals surface area contributed by atoms with Crippen molar-refractivity contribution >= 4 is 21.9 Å². The number of carbonyl (C=O) groups excluding carboxylic acids is 1. The maximum Gasteiger partial charge on any atom is 0.322 e. The van der Waals surface area contributed by atoms with E-state index in [-0.39, 0.29) is 12.6 Å². The maximum absolute atomic E-state index is 11.9. The lowest BCUT2D eigenvalue weighted by atomic mass is 9.24. The first-order valence-corrected chi connectivity index (χ1v) is 8.71. The topological polar surface area (TPSA) is 46.5 Å². The zero-order valence-corrected chi connectivity index (χ0v) is 13.7. The van der Waals surface area contributed by atoms with E-state index in [9.17, 15) is 9.90 Å². The third kappa shape index (κ3) is 1.53. The van der Waals surface area contributed by atoms with Crippen LogP contribution >= 0.6 is 15.9 Å².